The van der Waals surface area contributed by atoms with Crippen LogP contribution in [0.2, 0.25) is 0 Å². The summed E-state index contributed by atoms with van der Waals surface area (Å²) in [4.78, 5) is 2.38. The number of nitrogens with zero attached hydrogens (tertiary/aromatic N) is 2. The highest BCUT2D eigenvalue weighted by atomic mass is 16.6. The minimum Gasteiger partial charge on any atom is -0.633 e. The van der Waals surface area contributed by atoms with E-state index in [2.05, 4.69) is 25.7 Å². The van der Waals surface area contributed by atoms with Gasteiger partial charge in [-0.1, -0.05) is 20.8 Å². The SMILES string of the molecule is CCN(CC)CC.C[N+]1([O-])CCOCC1. The Labute approximate surface area is 94.0 Å². The van der Waals surface area contributed by atoms with Crippen molar-refractivity contribution in [3.63, 3.8) is 0 Å². The summed E-state index contributed by atoms with van der Waals surface area (Å²) >= 11 is 0. The van der Waals surface area contributed by atoms with Crippen molar-refractivity contribution < 1.29 is 9.38 Å². The largest absolute Gasteiger partial charge is 0.633 e. The van der Waals surface area contributed by atoms with Gasteiger partial charge in [-0.05, 0) is 19.6 Å². The molecular formula is C11H26N2O2. The van der Waals surface area contributed by atoms with Crippen molar-refractivity contribution in [1.82, 2.24) is 4.90 Å². The summed E-state index contributed by atoms with van der Waals surface area (Å²) in [5.74, 6) is 0. The van der Waals surface area contributed by atoms with Crippen molar-refractivity contribution in [2.75, 3.05) is 53.0 Å². The van der Waals surface area contributed by atoms with Crippen molar-refractivity contribution in [3.05, 3.63) is 5.21 Å². The third-order valence-corrected chi connectivity index (χ3v) is 2.76. The molecule has 15 heavy (non-hydrogen) atoms. The second kappa shape index (κ2) is 8.05. The van der Waals surface area contributed by atoms with E-state index in [1.54, 1.807) is 7.05 Å². The molecule has 0 saturated carbocycles. The van der Waals surface area contributed by atoms with Gasteiger partial charge in [-0.2, -0.15) is 0 Å². The van der Waals surface area contributed by atoms with Crippen molar-refractivity contribution >= 4 is 0 Å². The summed E-state index contributed by atoms with van der Waals surface area (Å²) in [5.41, 5.74) is 0. The van der Waals surface area contributed by atoms with E-state index in [0.717, 1.165) is 0 Å². The van der Waals surface area contributed by atoms with Gasteiger partial charge in [0.2, 0.25) is 0 Å². The average Bonchev–Trinajstić information content (AvgIpc) is 2.21. The molecule has 1 rings (SSSR count). The monoisotopic (exact) mass is 218 g/mol. The number of likely N-dealkylation sites (N-methyl/N-ethyl adjacent to an activating group) is 1. The number of ether oxygens (including phenoxy) is 1. The minimum atomic E-state index is -0.125. The molecule has 0 N–H and O–H groups in total. The Morgan fingerprint density at radius 3 is 1.60 bits per heavy atom. The maximum Gasteiger partial charge on any atom is 0.102 e. The van der Waals surface area contributed by atoms with Crippen LogP contribution in [0.4, 0.5) is 0 Å². The molecule has 0 atom stereocenters. The van der Waals surface area contributed by atoms with Gasteiger partial charge in [0, 0.05) is 0 Å². The fourth-order valence-electron chi connectivity index (χ4n) is 1.40. The molecule has 0 radical (unpaired) electrons. The lowest BCUT2D eigenvalue weighted by Gasteiger charge is -2.41. The molecule has 1 saturated heterocycles. The molecule has 92 valence electrons. The highest BCUT2D eigenvalue weighted by Crippen LogP contribution is 2.02. The second-order valence-corrected chi connectivity index (χ2v) is 3.98. The Morgan fingerprint density at radius 2 is 1.47 bits per heavy atom. The first-order chi connectivity index (χ1) is 7.05. The second-order valence-electron chi connectivity index (χ2n) is 3.98. The molecule has 1 aliphatic heterocycles. The maximum absolute atomic E-state index is 11.0. The van der Waals surface area contributed by atoms with Crippen LogP contribution in [0, 0.1) is 5.21 Å². The van der Waals surface area contributed by atoms with Crippen molar-refractivity contribution in [2.24, 2.45) is 0 Å². The highest BCUT2D eigenvalue weighted by molar-refractivity contribution is 4.44. The van der Waals surface area contributed by atoms with Gasteiger partial charge >= 0.3 is 0 Å². The van der Waals surface area contributed by atoms with Gasteiger partial charge in [-0.3, -0.25) is 0 Å². The molecule has 1 aliphatic rings. The highest BCUT2D eigenvalue weighted by Gasteiger charge is 2.13. The Kier molecular flexibility index (Phi) is 7.96. The van der Waals surface area contributed by atoms with Gasteiger partial charge in [0.15, 0.2) is 0 Å². The van der Waals surface area contributed by atoms with Gasteiger partial charge in [-0.25, -0.2) is 0 Å². The lowest BCUT2D eigenvalue weighted by Crippen LogP contribution is -2.46. The number of hydrogen-bond acceptors (Lipinski definition) is 3. The van der Waals surface area contributed by atoms with E-state index < -0.39 is 0 Å². The minimum absolute atomic E-state index is 0.125. The van der Waals surface area contributed by atoms with Crippen LogP contribution in [0.5, 0.6) is 0 Å². The lowest BCUT2D eigenvalue weighted by molar-refractivity contribution is -0.869. The van der Waals surface area contributed by atoms with Crippen LogP contribution >= 0.6 is 0 Å². The molecule has 0 spiro atoms. The van der Waals surface area contributed by atoms with E-state index >= 15 is 0 Å². The fourth-order valence-corrected chi connectivity index (χ4v) is 1.40. The third kappa shape index (κ3) is 7.73. The summed E-state index contributed by atoms with van der Waals surface area (Å²) in [6, 6.07) is 0. The Morgan fingerprint density at radius 1 is 1.07 bits per heavy atom. The molecule has 1 fully saturated rings. The van der Waals surface area contributed by atoms with Gasteiger partial charge < -0.3 is 19.5 Å². The summed E-state index contributed by atoms with van der Waals surface area (Å²) in [6.07, 6.45) is 0. The van der Waals surface area contributed by atoms with E-state index in [0.29, 0.717) is 26.3 Å². The molecule has 1 heterocycles. The fraction of sp³-hybridized carbons (Fsp3) is 1.00. The summed E-state index contributed by atoms with van der Waals surface area (Å²) in [7, 11) is 1.68. The normalized spacial score (nSPS) is 19.6. The molecular weight excluding hydrogens is 192 g/mol. The molecule has 0 aromatic rings. The number of quaternary nitrogens is 1. The van der Waals surface area contributed by atoms with Crippen molar-refractivity contribution in [2.45, 2.75) is 20.8 Å². The average molecular weight is 218 g/mol. The number of rotatable bonds is 3. The Balaban J connectivity index is 0.000000265. The lowest BCUT2D eigenvalue weighted by atomic mass is 10.4. The molecule has 4 heteroatoms. The first kappa shape index (κ1) is 14.8. The van der Waals surface area contributed by atoms with Gasteiger partial charge in [-0.15, -0.1) is 0 Å². The topological polar surface area (TPSA) is 35.5 Å². The predicted octanol–water partition coefficient (Wildman–Crippen LogP) is 1.31. The zero-order chi connectivity index (χ0) is 11.7. The van der Waals surface area contributed by atoms with E-state index in [-0.39, 0.29) is 4.65 Å². The predicted molar refractivity (Wildman–Crippen MR) is 63.6 cm³/mol. The zero-order valence-corrected chi connectivity index (χ0v) is 10.7. The van der Waals surface area contributed by atoms with Gasteiger partial charge in [0.25, 0.3) is 0 Å². The molecule has 0 bridgehead atoms. The molecule has 4 nitrogen and oxygen atoms in total. The summed E-state index contributed by atoms with van der Waals surface area (Å²) in [6.45, 7) is 12.6. The molecule has 0 unspecified atom stereocenters. The number of morpholine rings is 1. The molecule has 0 amide bonds. The van der Waals surface area contributed by atoms with E-state index in [1.165, 1.54) is 19.6 Å². The standard InChI is InChI=1S/C6H15N.C5H11NO2/c1-4-7(5-2)6-3;1-6(7)2-4-8-5-3-6/h4-6H2,1-3H3;2-5H2,1H3. The van der Waals surface area contributed by atoms with Gasteiger partial charge in [0.1, 0.15) is 13.1 Å². The first-order valence-corrected chi connectivity index (χ1v) is 5.91. The maximum atomic E-state index is 11.0. The van der Waals surface area contributed by atoms with Crippen LogP contribution in [0.3, 0.4) is 0 Å². The molecule has 0 aromatic carbocycles. The summed E-state index contributed by atoms with van der Waals surface area (Å²) in [5, 5.41) is 11.0. The quantitative estimate of drug-likeness (QED) is 0.529. The molecule has 0 aliphatic carbocycles. The van der Waals surface area contributed by atoms with Crippen molar-refractivity contribution in [3.8, 4) is 0 Å². The van der Waals surface area contributed by atoms with Crippen LogP contribution in [0.1, 0.15) is 20.8 Å². The zero-order valence-electron chi connectivity index (χ0n) is 10.7. The van der Waals surface area contributed by atoms with Crippen LogP contribution in [-0.4, -0.2) is 62.5 Å². The smallest absolute Gasteiger partial charge is 0.102 e. The van der Waals surface area contributed by atoms with Crippen LogP contribution in [0.25, 0.3) is 0 Å². The van der Waals surface area contributed by atoms with E-state index in [4.69, 9.17) is 4.74 Å². The summed E-state index contributed by atoms with van der Waals surface area (Å²) < 4.78 is 4.86. The van der Waals surface area contributed by atoms with Gasteiger partial charge in [0.05, 0.1) is 20.3 Å². The number of hydroxylamine groups is 3. The van der Waals surface area contributed by atoms with Crippen LogP contribution in [0.15, 0.2) is 0 Å². The van der Waals surface area contributed by atoms with Crippen molar-refractivity contribution in [1.29, 1.82) is 0 Å². The Bertz CT molecular complexity index is 134. The van der Waals surface area contributed by atoms with E-state index in [9.17, 15) is 5.21 Å². The van der Waals surface area contributed by atoms with Crippen LogP contribution < -0.4 is 0 Å². The van der Waals surface area contributed by atoms with E-state index in [1.807, 2.05) is 0 Å². The Hall–Kier alpha value is -0.160. The molecule has 0 aromatic heterocycles. The van der Waals surface area contributed by atoms with Crippen LogP contribution in [-0.2, 0) is 4.74 Å². The first-order valence-electron chi connectivity index (χ1n) is 5.91. The number of hydrogen-bond donors (Lipinski definition) is 0. The third-order valence-electron chi connectivity index (χ3n) is 2.76.